The molecule has 44 heavy (non-hydrogen) atoms. The molecule has 0 fully saturated rings. The number of hydrogen-bond acceptors (Lipinski definition) is 6. The number of nitrogens with one attached hydrogen (secondary N) is 1. The van der Waals surface area contributed by atoms with Crippen LogP contribution >= 0.6 is 11.6 Å². The standard InChI is InChI=1S/C28H21ClF5N7O3/c29-18-8-6-17(7-9-18)25-38-40(27(44)39(25)13-23(42)28(32,33)34)14-24-36-15-41(37-24)22-4-2-1-3-19(22)26(43)35-12-16-5-10-20(30)21(31)11-16/h1-11,15,23,42H,12-14H2,(H,35,43)/t23-/m0/s1. The van der Waals surface area contributed by atoms with Gasteiger partial charge in [0.15, 0.2) is 29.4 Å². The van der Waals surface area contributed by atoms with E-state index in [1.807, 2.05) is 0 Å². The molecule has 16 heteroatoms. The van der Waals surface area contributed by atoms with Crippen LogP contribution in [0.15, 0.2) is 77.9 Å². The summed E-state index contributed by atoms with van der Waals surface area (Å²) in [6.45, 7) is -1.54. The molecule has 0 bridgehead atoms. The summed E-state index contributed by atoms with van der Waals surface area (Å²) in [6.07, 6.45) is -6.54. The number of benzene rings is 3. The van der Waals surface area contributed by atoms with Gasteiger partial charge in [-0.05, 0) is 54.1 Å². The molecule has 10 nitrogen and oxygen atoms in total. The molecule has 2 aromatic heterocycles. The van der Waals surface area contributed by atoms with Crippen molar-refractivity contribution in [2.24, 2.45) is 0 Å². The number of aliphatic hydroxyl groups is 1. The van der Waals surface area contributed by atoms with Crippen molar-refractivity contribution in [3.8, 4) is 17.1 Å². The number of para-hydroxylation sites is 1. The average Bonchev–Trinajstić information content (AvgIpc) is 3.58. The van der Waals surface area contributed by atoms with Gasteiger partial charge in [0.25, 0.3) is 5.91 Å². The topological polar surface area (TPSA) is 120 Å². The van der Waals surface area contributed by atoms with Crippen molar-refractivity contribution in [3.05, 3.63) is 117 Å². The maximum Gasteiger partial charge on any atom is 0.416 e. The first-order chi connectivity index (χ1) is 20.9. The third-order valence-corrected chi connectivity index (χ3v) is 6.67. The summed E-state index contributed by atoms with van der Waals surface area (Å²) in [6, 6.07) is 15.4. The Hall–Kier alpha value is -4.89. The van der Waals surface area contributed by atoms with Gasteiger partial charge in [-0.25, -0.2) is 27.9 Å². The molecule has 1 atom stereocenters. The highest BCUT2D eigenvalue weighted by Gasteiger charge is 2.39. The molecule has 2 N–H and O–H groups in total. The van der Waals surface area contributed by atoms with Gasteiger partial charge in [-0.15, -0.1) is 10.2 Å². The summed E-state index contributed by atoms with van der Waals surface area (Å²) in [5.41, 5.74) is 0.123. The lowest BCUT2D eigenvalue weighted by molar-refractivity contribution is -0.207. The van der Waals surface area contributed by atoms with Gasteiger partial charge in [-0.3, -0.25) is 9.36 Å². The molecule has 0 spiro atoms. The monoisotopic (exact) mass is 633 g/mol. The Balaban J connectivity index is 1.40. The minimum absolute atomic E-state index is 0.0350. The van der Waals surface area contributed by atoms with Crippen LogP contribution in [0.1, 0.15) is 21.7 Å². The van der Waals surface area contributed by atoms with Crippen LogP contribution in [0, 0.1) is 11.6 Å². The number of alkyl halides is 3. The number of carbonyl (C=O) groups excluding carboxylic acids is 1. The van der Waals surface area contributed by atoms with Crippen LogP contribution in [0.5, 0.6) is 0 Å². The van der Waals surface area contributed by atoms with Crippen LogP contribution in [-0.2, 0) is 19.6 Å². The first-order valence-electron chi connectivity index (χ1n) is 12.8. The second kappa shape index (κ2) is 12.4. The van der Waals surface area contributed by atoms with Crippen molar-refractivity contribution >= 4 is 17.5 Å². The van der Waals surface area contributed by atoms with Gasteiger partial charge >= 0.3 is 11.9 Å². The maximum atomic E-state index is 13.5. The van der Waals surface area contributed by atoms with Gasteiger partial charge in [0.05, 0.1) is 17.8 Å². The van der Waals surface area contributed by atoms with Crippen molar-refractivity contribution < 1.29 is 31.9 Å². The van der Waals surface area contributed by atoms with Crippen molar-refractivity contribution in [2.75, 3.05) is 0 Å². The minimum Gasteiger partial charge on any atom is -0.382 e. The maximum absolute atomic E-state index is 13.5. The highest BCUT2D eigenvalue weighted by molar-refractivity contribution is 6.30. The van der Waals surface area contributed by atoms with Gasteiger partial charge in [-0.2, -0.15) is 13.2 Å². The summed E-state index contributed by atoms with van der Waals surface area (Å²) in [4.78, 5) is 30.3. The number of amides is 1. The zero-order chi connectivity index (χ0) is 31.6. The van der Waals surface area contributed by atoms with Crippen molar-refractivity contribution in [1.29, 1.82) is 0 Å². The van der Waals surface area contributed by atoms with Crippen LogP contribution in [0.3, 0.4) is 0 Å². The molecule has 3 aromatic carbocycles. The smallest absolute Gasteiger partial charge is 0.382 e. The Kier molecular flexibility index (Phi) is 8.60. The van der Waals surface area contributed by atoms with E-state index >= 15 is 0 Å². The third kappa shape index (κ3) is 6.68. The Morgan fingerprint density at radius 3 is 2.43 bits per heavy atom. The summed E-state index contributed by atoms with van der Waals surface area (Å²) < 4.78 is 69.0. The lowest BCUT2D eigenvalue weighted by Gasteiger charge is -2.15. The first-order valence-corrected chi connectivity index (χ1v) is 13.2. The lowest BCUT2D eigenvalue weighted by Crippen LogP contribution is -2.37. The number of aliphatic hydroxyl groups excluding tert-OH is 1. The van der Waals surface area contributed by atoms with Gasteiger partial charge < -0.3 is 10.4 Å². The number of aromatic nitrogens is 6. The first kappa shape index (κ1) is 30.6. The van der Waals surface area contributed by atoms with Crippen LogP contribution in [0.25, 0.3) is 17.1 Å². The molecule has 1 amide bonds. The molecular weight excluding hydrogens is 613 g/mol. The van der Waals surface area contributed by atoms with Gasteiger partial charge in [0.2, 0.25) is 0 Å². The lowest BCUT2D eigenvalue weighted by atomic mass is 10.1. The summed E-state index contributed by atoms with van der Waals surface area (Å²) >= 11 is 5.91. The summed E-state index contributed by atoms with van der Waals surface area (Å²) in [5.74, 6) is -2.71. The van der Waals surface area contributed by atoms with Crippen LogP contribution in [0.4, 0.5) is 22.0 Å². The second-order valence-corrected chi connectivity index (χ2v) is 9.93. The van der Waals surface area contributed by atoms with E-state index in [9.17, 15) is 36.6 Å². The fourth-order valence-corrected chi connectivity index (χ4v) is 4.34. The van der Waals surface area contributed by atoms with Crippen LogP contribution in [-0.4, -0.2) is 52.4 Å². The largest absolute Gasteiger partial charge is 0.416 e. The van der Waals surface area contributed by atoms with E-state index in [-0.39, 0.29) is 35.9 Å². The summed E-state index contributed by atoms with van der Waals surface area (Å²) in [5, 5.41) is 21.1. The van der Waals surface area contributed by atoms with E-state index in [0.717, 1.165) is 16.8 Å². The minimum atomic E-state index is -4.98. The summed E-state index contributed by atoms with van der Waals surface area (Å²) in [7, 11) is 0. The number of nitrogens with zero attached hydrogens (tertiary/aromatic N) is 6. The number of hydrogen-bond donors (Lipinski definition) is 2. The molecule has 0 radical (unpaired) electrons. The third-order valence-electron chi connectivity index (χ3n) is 6.42. The number of carbonyl (C=O) groups is 1. The fraction of sp³-hybridized carbons (Fsp3) is 0.179. The molecule has 228 valence electrons. The van der Waals surface area contributed by atoms with E-state index in [1.165, 1.54) is 47.4 Å². The predicted octanol–water partition coefficient (Wildman–Crippen LogP) is 4.13. The molecule has 0 aliphatic heterocycles. The van der Waals surface area contributed by atoms with Gasteiger partial charge in [-0.1, -0.05) is 29.8 Å². The number of rotatable bonds is 9. The molecular formula is C28H21ClF5N7O3. The van der Waals surface area contributed by atoms with Gasteiger partial charge in [0, 0.05) is 17.1 Å². The van der Waals surface area contributed by atoms with E-state index in [2.05, 4.69) is 20.5 Å². The van der Waals surface area contributed by atoms with E-state index in [1.54, 1.807) is 18.2 Å². The Morgan fingerprint density at radius 2 is 1.73 bits per heavy atom. The Morgan fingerprint density at radius 1 is 1.00 bits per heavy atom. The molecule has 5 rings (SSSR count). The van der Waals surface area contributed by atoms with Crippen molar-refractivity contribution in [2.45, 2.75) is 31.9 Å². The molecule has 0 unspecified atom stereocenters. The zero-order valence-electron chi connectivity index (χ0n) is 22.3. The van der Waals surface area contributed by atoms with Crippen LogP contribution in [0.2, 0.25) is 5.02 Å². The van der Waals surface area contributed by atoms with E-state index in [4.69, 9.17) is 11.6 Å². The Bertz CT molecular complexity index is 1870. The zero-order valence-corrected chi connectivity index (χ0v) is 23.1. The fourth-order valence-electron chi connectivity index (χ4n) is 4.21. The van der Waals surface area contributed by atoms with Crippen LogP contribution < -0.4 is 11.0 Å². The quantitative estimate of drug-likeness (QED) is 0.236. The molecule has 5 aromatic rings. The highest BCUT2D eigenvalue weighted by Crippen LogP contribution is 2.24. The average molecular weight is 634 g/mol. The normalized spacial score (nSPS) is 12.3. The van der Waals surface area contributed by atoms with Gasteiger partial charge in [0.1, 0.15) is 12.9 Å². The predicted molar refractivity (Wildman–Crippen MR) is 147 cm³/mol. The molecule has 0 aliphatic rings. The van der Waals surface area contributed by atoms with E-state index < -0.39 is 42.1 Å². The highest BCUT2D eigenvalue weighted by atomic mass is 35.5. The molecule has 0 aliphatic carbocycles. The SMILES string of the molecule is O=C(NCc1ccc(F)c(F)c1)c1ccccc1-n1cnc(Cn2nc(-c3ccc(Cl)cc3)n(C[C@H](O)C(F)(F)F)c2=O)n1. The second-order valence-electron chi connectivity index (χ2n) is 9.49. The molecule has 0 saturated heterocycles. The molecule has 2 heterocycles. The number of halogens is 6. The van der Waals surface area contributed by atoms with Crippen molar-refractivity contribution in [3.63, 3.8) is 0 Å². The van der Waals surface area contributed by atoms with Crippen molar-refractivity contribution in [1.82, 2.24) is 34.4 Å². The van der Waals surface area contributed by atoms with E-state index in [0.29, 0.717) is 20.8 Å². The Labute approximate surface area is 250 Å². The molecule has 0 saturated carbocycles.